The van der Waals surface area contributed by atoms with Crippen LogP contribution in [-0.2, 0) is 27.7 Å². The first-order valence-electron chi connectivity index (χ1n) is 11.6. The number of carbonyl (C=O) groups excluding carboxylic acids is 1. The highest BCUT2D eigenvalue weighted by Crippen LogP contribution is 2.33. The normalized spacial score (nSPS) is 14.2. The monoisotopic (exact) mass is 530 g/mol. The molecule has 1 N–H and O–H groups in total. The molecule has 0 saturated carbocycles. The van der Waals surface area contributed by atoms with E-state index in [1.165, 1.54) is 48.2 Å². The van der Waals surface area contributed by atoms with Gasteiger partial charge in [0.2, 0.25) is 5.91 Å². The highest BCUT2D eigenvalue weighted by Gasteiger charge is 2.29. The van der Waals surface area contributed by atoms with Gasteiger partial charge in [-0.1, -0.05) is 59.1 Å². The van der Waals surface area contributed by atoms with E-state index in [0.717, 1.165) is 28.3 Å². The number of nitrogens with one attached hydrogen (secondary N) is 1. The van der Waals surface area contributed by atoms with Crippen LogP contribution in [0.5, 0.6) is 0 Å². The minimum absolute atomic E-state index is 0.0645. The number of anilines is 1. The maximum absolute atomic E-state index is 13.6. The van der Waals surface area contributed by atoms with Crippen molar-refractivity contribution in [3.63, 3.8) is 0 Å². The zero-order valence-corrected chi connectivity index (χ0v) is 22.1. The maximum atomic E-state index is 13.6. The summed E-state index contributed by atoms with van der Waals surface area (Å²) in [6.45, 7) is 3.33. The van der Waals surface area contributed by atoms with Crippen LogP contribution in [0.1, 0.15) is 48.1 Å². The lowest BCUT2D eigenvalue weighted by molar-refractivity contribution is -0.120. The van der Waals surface area contributed by atoms with E-state index in [9.17, 15) is 13.2 Å². The average Bonchev–Trinajstić information content (AvgIpc) is 2.84. The summed E-state index contributed by atoms with van der Waals surface area (Å²) in [6.07, 6.45) is 4.50. The second-order valence-electron chi connectivity index (χ2n) is 8.94. The third-order valence-electron chi connectivity index (χ3n) is 6.32. The van der Waals surface area contributed by atoms with Crippen LogP contribution in [0.4, 0.5) is 5.69 Å². The number of sulfonamides is 1. The fourth-order valence-electron chi connectivity index (χ4n) is 4.34. The lowest BCUT2D eigenvalue weighted by Gasteiger charge is -2.26. The van der Waals surface area contributed by atoms with Crippen LogP contribution in [-0.4, -0.2) is 20.9 Å². The first-order chi connectivity index (χ1) is 16.6. The van der Waals surface area contributed by atoms with Gasteiger partial charge in [0, 0.05) is 5.02 Å². The number of hydrogen-bond acceptors (Lipinski definition) is 3. The van der Waals surface area contributed by atoms with E-state index < -0.39 is 22.5 Å². The first kappa shape index (κ1) is 25.5. The van der Waals surface area contributed by atoms with Crippen molar-refractivity contribution in [3.05, 3.63) is 93.0 Å². The molecule has 0 aliphatic heterocycles. The average molecular weight is 532 g/mol. The number of halogens is 2. The summed E-state index contributed by atoms with van der Waals surface area (Å²) in [7, 11) is -4.09. The Balaban J connectivity index is 1.61. The number of amides is 1. The smallest absolute Gasteiger partial charge is 0.264 e. The second kappa shape index (κ2) is 10.6. The summed E-state index contributed by atoms with van der Waals surface area (Å²) in [5, 5.41) is 3.45. The molecule has 0 radical (unpaired) electrons. The molecular weight excluding hydrogens is 503 g/mol. The van der Waals surface area contributed by atoms with Crippen molar-refractivity contribution in [2.24, 2.45) is 0 Å². The van der Waals surface area contributed by atoms with Crippen molar-refractivity contribution in [1.29, 1.82) is 0 Å². The molecule has 35 heavy (non-hydrogen) atoms. The summed E-state index contributed by atoms with van der Waals surface area (Å²) >= 11 is 12.5. The van der Waals surface area contributed by atoms with Crippen molar-refractivity contribution < 1.29 is 13.2 Å². The lowest BCUT2D eigenvalue weighted by atomic mass is 9.89. The maximum Gasteiger partial charge on any atom is 0.264 e. The van der Waals surface area contributed by atoms with Gasteiger partial charge >= 0.3 is 0 Å². The number of nitrogens with zero attached hydrogens (tertiary/aromatic N) is 1. The molecule has 1 unspecified atom stereocenters. The Hall–Kier alpha value is -2.54. The van der Waals surface area contributed by atoms with Gasteiger partial charge in [-0.2, -0.15) is 0 Å². The van der Waals surface area contributed by atoms with E-state index in [-0.39, 0.29) is 21.6 Å². The van der Waals surface area contributed by atoms with Crippen molar-refractivity contribution in [1.82, 2.24) is 5.32 Å². The largest absolute Gasteiger partial charge is 0.348 e. The van der Waals surface area contributed by atoms with Crippen LogP contribution in [0.25, 0.3) is 0 Å². The van der Waals surface area contributed by atoms with Crippen molar-refractivity contribution in [3.8, 4) is 0 Å². The predicted molar refractivity (Wildman–Crippen MR) is 142 cm³/mol. The third-order valence-corrected chi connectivity index (χ3v) is 8.65. The highest BCUT2D eigenvalue weighted by molar-refractivity contribution is 7.92. The minimum atomic E-state index is -4.09. The molecular formula is C27H28Cl2N2O3S. The second-order valence-corrected chi connectivity index (χ2v) is 11.7. The van der Waals surface area contributed by atoms with Gasteiger partial charge < -0.3 is 5.32 Å². The van der Waals surface area contributed by atoms with Crippen molar-refractivity contribution in [2.45, 2.75) is 50.5 Å². The SMILES string of the molecule is Cc1ccc(S(=O)(=O)N(CC(=O)NC(C)c2ccc3c(c2)CCCC3)c2cc(Cl)ccc2Cl)cc1. The topological polar surface area (TPSA) is 66.5 Å². The zero-order chi connectivity index (χ0) is 25.2. The van der Waals surface area contributed by atoms with Crippen molar-refractivity contribution >= 4 is 44.8 Å². The first-order valence-corrected chi connectivity index (χ1v) is 13.8. The molecule has 0 heterocycles. The Kier molecular flexibility index (Phi) is 7.74. The number of carbonyl (C=O) groups is 1. The van der Waals surface area contributed by atoms with Gasteiger partial charge in [-0.25, -0.2) is 8.42 Å². The molecule has 3 aromatic carbocycles. The van der Waals surface area contributed by atoms with E-state index in [0.29, 0.717) is 5.02 Å². The fourth-order valence-corrected chi connectivity index (χ4v) is 6.21. The van der Waals surface area contributed by atoms with Crippen molar-refractivity contribution in [2.75, 3.05) is 10.8 Å². The summed E-state index contributed by atoms with van der Waals surface area (Å²) in [5.74, 6) is -0.443. The minimum Gasteiger partial charge on any atom is -0.348 e. The molecule has 1 amide bonds. The molecule has 8 heteroatoms. The number of benzene rings is 3. The standard InChI is InChI=1S/C27H28Cl2N2O3S/c1-18-7-12-24(13-8-18)35(33,34)31(26-16-23(28)11-14-25(26)29)17-27(32)30-19(2)21-10-9-20-5-3-4-6-22(20)15-21/h7-16,19H,3-6,17H2,1-2H3,(H,30,32). The van der Waals surface area contributed by atoms with Gasteiger partial charge in [-0.3, -0.25) is 9.10 Å². The Labute approximate surface area is 217 Å². The molecule has 0 spiro atoms. The molecule has 3 aromatic rings. The third kappa shape index (κ3) is 5.83. The fraction of sp³-hybridized carbons (Fsp3) is 0.296. The Morgan fingerprint density at radius 2 is 1.66 bits per heavy atom. The molecule has 0 bridgehead atoms. The van der Waals surface area contributed by atoms with E-state index in [1.54, 1.807) is 18.2 Å². The Morgan fingerprint density at radius 3 is 2.37 bits per heavy atom. The van der Waals surface area contributed by atoms with Crippen LogP contribution in [0.15, 0.2) is 65.6 Å². The molecule has 1 aliphatic carbocycles. The summed E-state index contributed by atoms with van der Waals surface area (Å²) < 4.78 is 28.2. The summed E-state index contributed by atoms with van der Waals surface area (Å²) in [6, 6.07) is 17.0. The van der Waals surface area contributed by atoms with Gasteiger partial charge in [0.15, 0.2) is 0 Å². The lowest BCUT2D eigenvalue weighted by Crippen LogP contribution is -2.41. The molecule has 184 valence electrons. The molecule has 0 saturated heterocycles. The van der Waals surface area contributed by atoms with Crippen LogP contribution < -0.4 is 9.62 Å². The molecule has 1 atom stereocenters. The van der Waals surface area contributed by atoms with Gasteiger partial charge in [0.05, 0.1) is 21.6 Å². The van der Waals surface area contributed by atoms with Crippen LogP contribution in [0.3, 0.4) is 0 Å². The molecule has 5 nitrogen and oxygen atoms in total. The van der Waals surface area contributed by atoms with Crippen LogP contribution in [0.2, 0.25) is 10.0 Å². The number of fused-ring (bicyclic) bond motifs is 1. The predicted octanol–water partition coefficient (Wildman–Crippen LogP) is 6.25. The van der Waals surface area contributed by atoms with Gasteiger partial charge in [0.25, 0.3) is 10.0 Å². The summed E-state index contributed by atoms with van der Waals surface area (Å²) in [4.78, 5) is 13.2. The molecule has 0 fully saturated rings. The van der Waals surface area contributed by atoms with Gasteiger partial charge in [-0.15, -0.1) is 0 Å². The van der Waals surface area contributed by atoms with Gasteiger partial charge in [0.1, 0.15) is 6.54 Å². The van der Waals surface area contributed by atoms with Crippen LogP contribution >= 0.6 is 23.2 Å². The molecule has 4 rings (SSSR count). The van der Waals surface area contributed by atoms with Crippen LogP contribution in [0, 0.1) is 6.92 Å². The zero-order valence-electron chi connectivity index (χ0n) is 19.7. The molecule has 0 aromatic heterocycles. The number of hydrogen-bond donors (Lipinski definition) is 1. The quantitative estimate of drug-likeness (QED) is 0.392. The molecule has 1 aliphatic rings. The number of rotatable bonds is 7. The Morgan fingerprint density at radius 1 is 0.971 bits per heavy atom. The van der Waals surface area contributed by atoms with E-state index in [2.05, 4.69) is 17.4 Å². The summed E-state index contributed by atoms with van der Waals surface area (Å²) in [5.41, 5.74) is 4.76. The van der Waals surface area contributed by atoms with Gasteiger partial charge in [-0.05, 0) is 86.6 Å². The Bertz CT molecular complexity index is 1340. The van der Waals surface area contributed by atoms with E-state index in [1.807, 2.05) is 19.9 Å². The van der Waals surface area contributed by atoms with E-state index in [4.69, 9.17) is 23.2 Å². The highest BCUT2D eigenvalue weighted by atomic mass is 35.5. The van der Waals surface area contributed by atoms with E-state index >= 15 is 0 Å². The number of aryl methyl sites for hydroxylation is 3.